The highest BCUT2D eigenvalue weighted by molar-refractivity contribution is 5.81. The Morgan fingerprint density at radius 2 is 1.72 bits per heavy atom. The summed E-state index contributed by atoms with van der Waals surface area (Å²) in [7, 11) is 0. The van der Waals surface area contributed by atoms with Gasteiger partial charge in [0.2, 0.25) is 0 Å². The minimum atomic E-state index is -2.87. The topological polar surface area (TPSA) is 12.4 Å². The van der Waals surface area contributed by atoms with E-state index in [2.05, 4.69) is 4.99 Å². The minimum absolute atomic E-state index is 0.103. The zero-order valence-corrected chi connectivity index (χ0v) is 10.1. The van der Waals surface area contributed by atoms with Gasteiger partial charge in [-0.1, -0.05) is 6.07 Å². The van der Waals surface area contributed by atoms with E-state index in [1.54, 1.807) is 12.1 Å². The maximum absolute atomic E-state index is 13.7. The summed E-state index contributed by atoms with van der Waals surface area (Å²) < 4.78 is 27.3. The van der Waals surface area contributed by atoms with E-state index < -0.39 is 5.92 Å². The van der Waals surface area contributed by atoms with Crippen LogP contribution in [0.5, 0.6) is 0 Å². The Kier molecular flexibility index (Phi) is 2.01. The van der Waals surface area contributed by atoms with Crippen LogP contribution in [0.15, 0.2) is 23.2 Å². The number of alkyl halides is 2. The van der Waals surface area contributed by atoms with Crippen molar-refractivity contribution in [2.24, 2.45) is 16.8 Å². The molecule has 1 heterocycles. The Bertz CT molecular complexity index is 515. The van der Waals surface area contributed by atoms with Crippen LogP contribution >= 0.6 is 0 Å². The van der Waals surface area contributed by atoms with Gasteiger partial charge in [-0.3, -0.25) is 4.99 Å². The molecule has 94 valence electrons. The van der Waals surface area contributed by atoms with Crippen LogP contribution in [0, 0.1) is 11.8 Å². The lowest BCUT2D eigenvalue weighted by atomic mass is 9.88. The molecule has 1 nitrogen and oxygen atoms in total. The third-order valence-electron chi connectivity index (χ3n) is 4.96. The Balaban J connectivity index is 1.76. The smallest absolute Gasteiger partial charge is 0.254 e. The zero-order valence-electron chi connectivity index (χ0n) is 10.1. The first-order valence-corrected chi connectivity index (χ1v) is 6.72. The van der Waals surface area contributed by atoms with Gasteiger partial charge < -0.3 is 0 Å². The molecule has 2 bridgehead atoms. The molecule has 0 saturated heterocycles. The lowest BCUT2D eigenvalue weighted by molar-refractivity contribution is 0.0860. The molecule has 0 radical (unpaired) electrons. The van der Waals surface area contributed by atoms with Gasteiger partial charge >= 0.3 is 5.92 Å². The molecule has 0 aromatic heterocycles. The first kappa shape index (κ1) is 10.7. The normalized spacial score (nSPS) is 35.1. The average molecular weight is 247 g/mol. The highest BCUT2D eigenvalue weighted by Crippen LogP contribution is 2.55. The summed E-state index contributed by atoms with van der Waals surface area (Å²) in [5.41, 5.74) is 1.66. The van der Waals surface area contributed by atoms with Crippen molar-refractivity contribution in [3.8, 4) is 0 Å². The Morgan fingerprint density at radius 3 is 2.39 bits per heavy atom. The maximum atomic E-state index is 13.7. The molecule has 4 rings (SSSR count). The molecule has 0 N–H and O–H groups in total. The van der Waals surface area contributed by atoms with E-state index >= 15 is 0 Å². The monoisotopic (exact) mass is 247 g/mol. The summed E-state index contributed by atoms with van der Waals surface area (Å²) in [5, 5.41) is 0. The van der Waals surface area contributed by atoms with Gasteiger partial charge in [0.05, 0.1) is 17.5 Å². The number of nitrogens with zero attached hydrogens (tertiary/aromatic N) is 1. The second-order valence-electron chi connectivity index (χ2n) is 5.86. The largest absolute Gasteiger partial charge is 0.310 e. The van der Waals surface area contributed by atoms with Crippen molar-refractivity contribution < 1.29 is 8.78 Å². The van der Waals surface area contributed by atoms with Gasteiger partial charge in [-0.05, 0) is 61.1 Å². The summed E-state index contributed by atoms with van der Waals surface area (Å²) in [6.07, 6.45) is 5.88. The predicted molar refractivity (Wildman–Crippen MR) is 66.7 cm³/mol. The van der Waals surface area contributed by atoms with E-state index in [9.17, 15) is 8.78 Å². The first-order chi connectivity index (χ1) is 8.65. The molecule has 1 aliphatic heterocycles. The molecule has 1 aromatic rings. The third-order valence-corrected chi connectivity index (χ3v) is 4.96. The summed E-state index contributed by atoms with van der Waals surface area (Å²) in [6.45, 7) is 0. The molecule has 0 unspecified atom stereocenters. The fourth-order valence-electron chi connectivity index (χ4n) is 4.15. The molecule has 3 heteroatoms. The van der Waals surface area contributed by atoms with Crippen molar-refractivity contribution in [2.75, 3.05) is 0 Å². The fourth-order valence-corrected chi connectivity index (χ4v) is 4.15. The quantitative estimate of drug-likeness (QED) is 0.697. The standard InChI is InChI=1S/C15H15F2N/c16-15(17)8-18-13-6-5-11(7-12(13)15)14-9-1-2-10(14)4-3-9/h5-10,14H,1-4H2. The van der Waals surface area contributed by atoms with Crippen molar-refractivity contribution in [1.29, 1.82) is 0 Å². The van der Waals surface area contributed by atoms with Crippen molar-refractivity contribution in [1.82, 2.24) is 0 Å². The Hall–Kier alpha value is -1.25. The summed E-state index contributed by atoms with van der Waals surface area (Å²) in [4.78, 5) is 3.80. The maximum Gasteiger partial charge on any atom is 0.310 e. The Morgan fingerprint density at radius 1 is 1.06 bits per heavy atom. The summed E-state index contributed by atoms with van der Waals surface area (Å²) >= 11 is 0. The molecular formula is C15H15F2N. The highest BCUT2D eigenvalue weighted by atomic mass is 19.3. The van der Waals surface area contributed by atoms with Gasteiger partial charge in [0.25, 0.3) is 0 Å². The average Bonchev–Trinajstić information content (AvgIpc) is 3.03. The SMILES string of the molecule is FC1(F)C=Nc2ccc(C3C4CCC3CC4)cc21. The number of halogens is 2. The van der Waals surface area contributed by atoms with Crippen LogP contribution in [-0.4, -0.2) is 6.21 Å². The van der Waals surface area contributed by atoms with Crippen molar-refractivity contribution in [3.63, 3.8) is 0 Å². The van der Waals surface area contributed by atoms with Crippen LogP contribution in [-0.2, 0) is 5.92 Å². The number of benzene rings is 1. The van der Waals surface area contributed by atoms with Crippen molar-refractivity contribution in [3.05, 3.63) is 29.3 Å². The van der Waals surface area contributed by atoms with Crippen LogP contribution in [0.2, 0.25) is 0 Å². The number of rotatable bonds is 1. The second-order valence-corrected chi connectivity index (χ2v) is 5.86. The molecule has 18 heavy (non-hydrogen) atoms. The van der Waals surface area contributed by atoms with E-state index in [1.807, 2.05) is 6.07 Å². The highest BCUT2D eigenvalue weighted by Gasteiger charge is 2.43. The van der Waals surface area contributed by atoms with Gasteiger partial charge in [0, 0.05) is 0 Å². The molecule has 0 amide bonds. The Labute approximate surface area is 105 Å². The van der Waals surface area contributed by atoms with E-state index in [4.69, 9.17) is 0 Å². The minimum Gasteiger partial charge on any atom is -0.254 e. The molecule has 2 saturated carbocycles. The summed E-state index contributed by atoms with van der Waals surface area (Å²) in [6, 6.07) is 5.49. The zero-order chi connectivity index (χ0) is 12.3. The van der Waals surface area contributed by atoms with Crippen LogP contribution in [0.1, 0.15) is 42.7 Å². The third kappa shape index (κ3) is 1.33. The van der Waals surface area contributed by atoms with Gasteiger partial charge in [-0.25, -0.2) is 0 Å². The van der Waals surface area contributed by atoms with Gasteiger partial charge in [-0.2, -0.15) is 8.78 Å². The fraction of sp³-hybridized carbons (Fsp3) is 0.533. The number of fused-ring (bicyclic) bond motifs is 3. The number of hydrogen-bond acceptors (Lipinski definition) is 1. The van der Waals surface area contributed by atoms with Crippen LogP contribution < -0.4 is 0 Å². The molecule has 3 aliphatic rings. The van der Waals surface area contributed by atoms with Gasteiger partial charge in [0.1, 0.15) is 0 Å². The second kappa shape index (κ2) is 3.40. The van der Waals surface area contributed by atoms with Gasteiger partial charge in [0.15, 0.2) is 0 Å². The van der Waals surface area contributed by atoms with E-state index in [-0.39, 0.29) is 5.56 Å². The molecular weight excluding hydrogens is 232 g/mol. The lowest BCUT2D eigenvalue weighted by Crippen LogP contribution is -2.12. The van der Waals surface area contributed by atoms with Gasteiger partial charge in [-0.15, -0.1) is 0 Å². The number of aliphatic imine (C=N–C) groups is 1. The molecule has 0 atom stereocenters. The first-order valence-electron chi connectivity index (χ1n) is 6.72. The molecule has 0 spiro atoms. The van der Waals surface area contributed by atoms with Crippen LogP contribution in [0.3, 0.4) is 0 Å². The van der Waals surface area contributed by atoms with Crippen LogP contribution in [0.25, 0.3) is 0 Å². The predicted octanol–water partition coefficient (Wildman–Crippen LogP) is 4.40. The number of hydrogen-bond donors (Lipinski definition) is 0. The molecule has 2 aliphatic carbocycles. The van der Waals surface area contributed by atoms with Crippen LogP contribution in [0.4, 0.5) is 14.5 Å². The molecule has 1 aromatic carbocycles. The van der Waals surface area contributed by atoms with E-state index in [0.29, 0.717) is 11.6 Å². The van der Waals surface area contributed by atoms with Crippen molar-refractivity contribution >= 4 is 11.9 Å². The molecule has 2 fully saturated rings. The summed E-state index contributed by atoms with van der Waals surface area (Å²) in [5.74, 6) is -0.900. The van der Waals surface area contributed by atoms with E-state index in [0.717, 1.165) is 23.6 Å². The van der Waals surface area contributed by atoms with E-state index in [1.165, 1.54) is 25.7 Å². The lowest BCUT2D eigenvalue weighted by Gasteiger charge is -2.18. The van der Waals surface area contributed by atoms with Crippen molar-refractivity contribution in [2.45, 2.75) is 37.5 Å².